The first-order chi connectivity index (χ1) is 8.08. The molecule has 0 aromatic carbocycles. The van der Waals surface area contributed by atoms with Crippen molar-refractivity contribution < 1.29 is 13.5 Å². The Labute approximate surface area is 108 Å². The Balaban J connectivity index is 2.55. The fourth-order valence-electron chi connectivity index (χ4n) is 1.34. The second kappa shape index (κ2) is 5.38. The number of hydrogen-bond donors (Lipinski definition) is 2. The molecule has 7 heteroatoms. The van der Waals surface area contributed by atoms with Gasteiger partial charge in [0.25, 0.3) is 0 Å². The second-order valence-electron chi connectivity index (χ2n) is 5.45. The van der Waals surface area contributed by atoms with Crippen molar-refractivity contribution in [3.05, 3.63) is 12.4 Å². The lowest BCUT2D eigenvalue weighted by molar-refractivity contribution is 0.137. The van der Waals surface area contributed by atoms with Crippen LogP contribution in [0, 0.1) is 0 Å². The maximum Gasteiger partial charge on any atom is 0.178 e. The summed E-state index contributed by atoms with van der Waals surface area (Å²) in [5, 5.41) is 16.9. The number of hydrogen-bond acceptors (Lipinski definition) is 5. The van der Waals surface area contributed by atoms with E-state index in [2.05, 4.69) is 10.4 Å². The van der Waals surface area contributed by atoms with Gasteiger partial charge in [-0.1, -0.05) is 0 Å². The van der Waals surface area contributed by atoms with Crippen molar-refractivity contribution in [1.82, 2.24) is 15.1 Å². The molecule has 1 heterocycles. The van der Waals surface area contributed by atoms with E-state index < -0.39 is 15.9 Å². The van der Waals surface area contributed by atoms with Crippen LogP contribution in [0.25, 0.3) is 0 Å². The molecule has 0 aliphatic heterocycles. The van der Waals surface area contributed by atoms with Crippen LogP contribution in [-0.2, 0) is 16.4 Å². The number of β-amino-alcohol motifs (C(OH)–C–C–N with tert-alkyl or cyclic N) is 1. The molecule has 0 fully saturated rings. The van der Waals surface area contributed by atoms with E-state index in [1.807, 2.05) is 20.8 Å². The number of aromatic nitrogens is 2. The van der Waals surface area contributed by atoms with Crippen LogP contribution >= 0.6 is 0 Å². The van der Waals surface area contributed by atoms with Crippen LogP contribution in [0.15, 0.2) is 17.3 Å². The van der Waals surface area contributed by atoms with Crippen molar-refractivity contribution in [2.75, 3.05) is 12.8 Å². The van der Waals surface area contributed by atoms with Crippen LogP contribution in [0.4, 0.5) is 0 Å². The Morgan fingerprint density at radius 1 is 1.50 bits per heavy atom. The Kier molecular flexibility index (Phi) is 4.52. The molecule has 1 unspecified atom stereocenters. The molecule has 0 spiro atoms. The van der Waals surface area contributed by atoms with Crippen molar-refractivity contribution in [2.24, 2.45) is 0 Å². The molecule has 18 heavy (non-hydrogen) atoms. The number of nitrogens with one attached hydrogen (secondary N) is 1. The first-order valence-corrected chi connectivity index (χ1v) is 7.63. The predicted octanol–water partition coefficient (Wildman–Crippen LogP) is 0.0356. The molecule has 0 saturated carbocycles. The van der Waals surface area contributed by atoms with Crippen molar-refractivity contribution in [3.63, 3.8) is 0 Å². The zero-order valence-corrected chi connectivity index (χ0v) is 12.0. The summed E-state index contributed by atoms with van der Waals surface area (Å²) in [4.78, 5) is 0.165. The van der Waals surface area contributed by atoms with Gasteiger partial charge in [0.05, 0.1) is 18.8 Å². The van der Waals surface area contributed by atoms with Crippen molar-refractivity contribution in [3.8, 4) is 0 Å². The summed E-state index contributed by atoms with van der Waals surface area (Å²) >= 11 is 0. The first kappa shape index (κ1) is 15.1. The Hall–Kier alpha value is -0.920. The molecule has 1 atom stereocenters. The molecule has 0 aliphatic rings. The van der Waals surface area contributed by atoms with E-state index in [-0.39, 0.29) is 17.0 Å². The lowest BCUT2D eigenvalue weighted by Gasteiger charge is -2.22. The third-order valence-corrected chi connectivity index (χ3v) is 3.37. The van der Waals surface area contributed by atoms with Gasteiger partial charge in [-0.3, -0.25) is 4.68 Å². The minimum Gasteiger partial charge on any atom is -0.390 e. The number of aliphatic hydroxyl groups excluding tert-OH is 1. The molecule has 0 aliphatic carbocycles. The highest BCUT2D eigenvalue weighted by molar-refractivity contribution is 7.90. The average Bonchev–Trinajstić information content (AvgIpc) is 2.61. The lowest BCUT2D eigenvalue weighted by Crippen LogP contribution is -2.42. The number of aliphatic hydroxyl groups is 1. The fraction of sp³-hybridized carbons (Fsp3) is 0.727. The minimum atomic E-state index is -3.23. The highest BCUT2D eigenvalue weighted by atomic mass is 32.2. The van der Waals surface area contributed by atoms with E-state index in [1.54, 1.807) is 0 Å². The molecule has 0 radical (unpaired) electrons. The third kappa shape index (κ3) is 5.16. The van der Waals surface area contributed by atoms with E-state index >= 15 is 0 Å². The van der Waals surface area contributed by atoms with E-state index in [4.69, 9.17) is 0 Å². The summed E-state index contributed by atoms with van der Waals surface area (Å²) in [6.45, 7) is 6.72. The van der Waals surface area contributed by atoms with E-state index in [0.29, 0.717) is 6.54 Å². The van der Waals surface area contributed by atoms with Crippen molar-refractivity contribution in [1.29, 1.82) is 0 Å². The van der Waals surface area contributed by atoms with E-state index in [9.17, 15) is 13.5 Å². The van der Waals surface area contributed by atoms with Gasteiger partial charge in [0.2, 0.25) is 0 Å². The van der Waals surface area contributed by atoms with Crippen molar-refractivity contribution in [2.45, 2.75) is 43.9 Å². The van der Waals surface area contributed by atoms with Gasteiger partial charge in [-0.05, 0) is 20.8 Å². The summed E-state index contributed by atoms with van der Waals surface area (Å²) in [6, 6.07) is 0. The van der Waals surface area contributed by atoms with Gasteiger partial charge >= 0.3 is 0 Å². The van der Waals surface area contributed by atoms with Gasteiger partial charge in [0, 0.05) is 24.5 Å². The monoisotopic (exact) mass is 275 g/mol. The molecule has 1 aromatic rings. The molecule has 1 aromatic heterocycles. The molecular weight excluding hydrogens is 254 g/mol. The molecule has 0 amide bonds. The quantitative estimate of drug-likeness (QED) is 0.792. The molecule has 0 bridgehead atoms. The van der Waals surface area contributed by atoms with Gasteiger partial charge in [-0.25, -0.2) is 8.42 Å². The predicted molar refractivity (Wildman–Crippen MR) is 69.1 cm³/mol. The summed E-state index contributed by atoms with van der Waals surface area (Å²) < 4.78 is 24.0. The topological polar surface area (TPSA) is 84.2 Å². The van der Waals surface area contributed by atoms with Crippen molar-refractivity contribution >= 4 is 9.84 Å². The summed E-state index contributed by atoms with van der Waals surface area (Å²) in [7, 11) is -3.23. The fourth-order valence-corrected chi connectivity index (χ4v) is 1.89. The molecule has 2 N–H and O–H groups in total. The Bertz CT molecular complexity index is 488. The molecule has 1 rings (SSSR count). The van der Waals surface area contributed by atoms with Crippen LogP contribution in [0.5, 0.6) is 0 Å². The summed E-state index contributed by atoms with van der Waals surface area (Å²) in [5.74, 6) is 0. The van der Waals surface area contributed by atoms with Gasteiger partial charge in [0.1, 0.15) is 4.90 Å². The summed E-state index contributed by atoms with van der Waals surface area (Å²) in [6.07, 6.45) is 3.23. The summed E-state index contributed by atoms with van der Waals surface area (Å²) in [5.41, 5.74) is -0.0665. The van der Waals surface area contributed by atoms with E-state index in [1.165, 1.54) is 17.1 Å². The standard InChI is InChI=1S/C11H21N3O3S/c1-11(2,3)12-5-9(15)7-14-8-10(6-13-14)18(4,16)17/h6,8-9,12,15H,5,7H2,1-4H3. The molecule has 0 saturated heterocycles. The normalized spacial score (nSPS) is 14.7. The highest BCUT2D eigenvalue weighted by Gasteiger charge is 2.14. The lowest BCUT2D eigenvalue weighted by atomic mass is 10.1. The van der Waals surface area contributed by atoms with Crippen LogP contribution in [0.3, 0.4) is 0 Å². The SMILES string of the molecule is CC(C)(C)NCC(O)Cn1cc(S(C)(=O)=O)cn1. The number of nitrogens with zero attached hydrogens (tertiary/aromatic N) is 2. The maximum atomic E-state index is 11.3. The highest BCUT2D eigenvalue weighted by Crippen LogP contribution is 2.07. The average molecular weight is 275 g/mol. The van der Waals surface area contributed by atoms with Gasteiger partial charge < -0.3 is 10.4 Å². The van der Waals surface area contributed by atoms with Gasteiger partial charge in [-0.2, -0.15) is 5.10 Å². The van der Waals surface area contributed by atoms with Gasteiger partial charge in [-0.15, -0.1) is 0 Å². The Morgan fingerprint density at radius 2 is 2.11 bits per heavy atom. The Morgan fingerprint density at radius 3 is 2.56 bits per heavy atom. The second-order valence-corrected chi connectivity index (χ2v) is 7.47. The number of rotatable bonds is 5. The minimum absolute atomic E-state index is 0.0665. The zero-order chi connectivity index (χ0) is 14.0. The molecule has 6 nitrogen and oxygen atoms in total. The van der Waals surface area contributed by atoms with Crippen LogP contribution < -0.4 is 5.32 Å². The third-order valence-electron chi connectivity index (χ3n) is 2.30. The van der Waals surface area contributed by atoms with Crippen LogP contribution in [0.2, 0.25) is 0 Å². The first-order valence-electron chi connectivity index (χ1n) is 5.73. The van der Waals surface area contributed by atoms with Gasteiger partial charge in [0.15, 0.2) is 9.84 Å². The van der Waals surface area contributed by atoms with Crippen LogP contribution in [0.1, 0.15) is 20.8 Å². The van der Waals surface area contributed by atoms with E-state index in [0.717, 1.165) is 6.26 Å². The largest absolute Gasteiger partial charge is 0.390 e. The molecular formula is C11H21N3O3S. The van der Waals surface area contributed by atoms with Crippen LogP contribution in [-0.4, -0.2) is 47.7 Å². The maximum absolute atomic E-state index is 11.3. The smallest absolute Gasteiger partial charge is 0.178 e. The zero-order valence-electron chi connectivity index (χ0n) is 11.2. The molecule has 104 valence electrons. The number of sulfone groups is 1.